The second kappa shape index (κ2) is 6.82. The molecule has 1 aromatic carbocycles. The standard InChI is InChI=1S/C19H23BrN2/c1-14-11-16(13-21-18-8-6-7-17(20)12-18)15(2)22(14)19-9-4-3-5-10-19/h6-8,11-13,19H,3-5,9-10H2,1-2H3. The first-order valence-corrected chi connectivity index (χ1v) is 8.92. The Morgan fingerprint density at radius 1 is 1.14 bits per heavy atom. The molecule has 1 saturated carbocycles. The maximum Gasteiger partial charge on any atom is 0.0641 e. The summed E-state index contributed by atoms with van der Waals surface area (Å²) >= 11 is 3.49. The predicted molar refractivity (Wildman–Crippen MR) is 97.4 cm³/mol. The smallest absolute Gasteiger partial charge is 0.0641 e. The van der Waals surface area contributed by atoms with Crippen LogP contribution in [0, 0.1) is 13.8 Å². The van der Waals surface area contributed by atoms with Crippen LogP contribution in [0.1, 0.15) is 55.1 Å². The lowest BCUT2D eigenvalue weighted by Gasteiger charge is -2.26. The van der Waals surface area contributed by atoms with Gasteiger partial charge in [0.2, 0.25) is 0 Å². The average Bonchev–Trinajstić information content (AvgIpc) is 2.80. The number of halogens is 1. The maximum absolute atomic E-state index is 4.63. The number of rotatable bonds is 3. The molecular formula is C19H23BrN2. The van der Waals surface area contributed by atoms with Gasteiger partial charge in [0.1, 0.15) is 0 Å². The molecule has 0 bridgehead atoms. The first kappa shape index (κ1) is 15.5. The molecule has 1 fully saturated rings. The SMILES string of the molecule is Cc1cc(C=Nc2cccc(Br)c2)c(C)n1C1CCCCC1. The van der Waals surface area contributed by atoms with Crippen LogP contribution in [0.3, 0.4) is 0 Å². The summed E-state index contributed by atoms with van der Waals surface area (Å²) in [6, 6.07) is 11.1. The van der Waals surface area contributed by atoms with Crippen molar-refractivity contribution in [3.63, 3.8) is 0 Å². The number of aryl methyl sites for hydroxylation is 1. The third kappa shape index (κ3) is 3.35. The highest BCUT2D eigenvalue weighted by Gasteiger charge is 2.19. The van der Waals surface area contributed by atoms with E-state index >= 15 is 0 Å². The lowest BCUT2D eigenvalue weighted by Crippen LogP contribution is -2.15. The summed E-state index contributed by atoms with van der Waals surface area (Å²) in [7, 11) is 0. The minimum atomic E-state index is 0.682. The summed E-state index contributed by atoms with van der Waals surface area (Å²) in [5.41, 5.74) is 4.93. The number of aliphatic imine (C=N–C) groups is 1. The molecule has 1 aliphatic carbocycles. The molecule has 0 amide bonds. The van der Waals surface area contributed by atoms with Crippen molar-refractivity contribution in [1.82, 2.24) is 4.57 Å². The highest BCUT2D eigenvalue weighted by molar-refractivity contribution is 9.10. The van der Waals surface area contributed by atoms with Gasteiger partial charge in [-0.15, -0.1) is 0 Å². The Balaban J connectivity index is 1.85. The molecule has 0 spiro atoms. The Morgan fingerprint density at radius 2 is 1.91 bits per heavy atom. The Morgan fingerprint density at radius 3 is 2.64 bits per heavy atom. The minimum absolute atomic E-state index is 0.682. The van der Waals surface area contributed by atoms with Gasteiger partial charge < -0.3 is 4.57 Å². The van der Waals surface area contributed by atoms with Crippen LogP contribution in [0.15, 0.2) is 39.8 Å². The monoisotopic (exact) mass is 358 g/mol. The van der Waals surface area contributed by atoms with Gasteiger partial charge in [0.25, 0.3) is 0 Å². The molecule has 3 rings (SSSR count). The van der Waals surface area contributed by atoms with Crippen molar-refractivity contribution in [2.24, 2.45) is 4.99 Å². The molecule has 0 radical (unpaired) electrons. The summed E-state index contributed by atoms with van der Waals surface area (Å²) in [5.74, 6) is 0. The fourth-order valence-corrected chi connectivity index (χ4v) is 3.92. The summed E-state index contributed by atoms with van der Waals surface area (Å²) in [6.07, 6.45) is 8.76. The van der Waals surface area contributed by atoms with E-state index in [2.05, 4.69) is 45.4 Å². The van der Waals surface area contributed by atoms with E-state index in [1.807, 2.05) is 30.5 Å². The van der Waals surface area contributed by atoms with Gasteiger partial charge in [0.15, 0.2) is 0 Å². The van der Waals surface area contributed by atoms with Crippen molar-refractivity contribution in [3.05, 3.63) is 51.8 Å². The first-order chi connectivity index (χ1) is 10.6. The molecule has 3 heteroatoms. The van der Waals surface area contributed by atoms with Crippen molar-refractivity contribution < 1.29 is 0 Å². The molecule has 22 heavy (non-hydrogen) atoms. The molecule has 0 atom stereocenters. The van der Waals surface area contributed by atoms with Crippen molar-refractivity contribution in [2.75, 3.05) is 0 Å². The van der Waals surface area contributed by atoms with Gasteiger partial charge in [0, 0.05) is 33.7 Å². The van der Waals surface area contributed by atoms with Crippen LogP contribution < -0.4 is 0 Å². The molecule has 1 aliphatic rings. The van der Waals surface area contributed by atoms with E-state index in [4.69, 9.17) is 0 Å². The fraction of sp³-hybridized carbons (Fsp3) is 0.421. The summed E-state index contributed by atoms with van der Waals surface area (Å²) in [5, 5.41) is 0. The Labute approximate surface area is 141 Å². The molecule has 2 aromatic rings. The third-order valence-electron chi connectivity index (χ3n) is 4.62. The number of benzene rings is 1. The Kier molecular flexibility index (Phi) is 4.82. The number of nitrogens with zero attached hydrogens (tertiary/aromatic N) is 2. The summed E-state index contributed by atoms with van der Waals surface area (Å²) in [6.45, 7) is 4.45. The van der Waals surface area contributed by atoms with Crippen LogP contribution in [-0.4, -0.2) is 10.8 Å². The van der Waals surface area contributed by atoms with E-state index < -0.39 is 0 Å². The van der Waals surface area contributed by atoms with Gasteiger partial charge in [-0.05, 0) is 51.0 Å². The van der Waals surface area contributed by atoms with E-state index in [0.29, 0.717) is 6.04 Å². The number of hydrogen-bond acceptors (Lipinski definition) is 1. The minimum Gasteiger partial charge on any atom is -0.345 e. The molecule has 0 saturated heterocycles. The normalized spacial score (nSPS) is 16.5. The predicted octanol–water partition coefficient (Wildman–Crippen LogP) is 6.12. The molecule has 0 aliphatic heterocycles. The third-order valence-corrected chi connectivity index (χ3v) is 5.12. The van der Waals surface area contributed by atoms with Crippen LogP contribution in [0.2, 0.25) is 0 Å². The Bertz CT molecular complexity index is 679. The molecule has 0 N–H and O–H groups in total. The summed E-state index contributed by atoms with van der Waals surface area (Å²) < 4.78 is 3.59. The van der Waals surface area contributed by atoms with Gasteiger partial charge in [-0.3, -0.25) is 4.99 Å². The zero-order valence-electron chi connectivity index (χ0n) is 13.3. The summed E-state index contributed by atoms with van der Waals surface area (Å²) in [4.78, 5) is 4.63. The fourth-order valence-electron chi connectivity index (χ4n) is 3.53. The van der Waals surface area contributed by atoms with Crippen molar-refractivity contribution in [1.29, 1.82) is 0 Å². The van der Waals surface area contributed by atoms with E-state index in [1.165, 1.54) is 49.1 Å². The number of aromatic nitrogens is 1. The van der Waals surface area contributed by atoms with Gasteiger partial charge in [0.05, 0.1) is 5.69 Å². The maximum atomic E-state index is 4.63. The second-order valence-electron chi connectivity index (χ2n) is 6.23. The van der Waals surface area contributed by atoms with Crippen LogP contribution in [0.25, 0.3) is 0 Å². The molecular weight excluding hydrogens is 336 g/mol. The number of hydrogen-bond donors (Lipinski definition) is 0. The largest absolute Gasteiger partial charge is 0.345 e. The zero-order valence-corrected chi connectivity index (χ0v) is 14.9. The highest BCUT2D eigenvalue weighted by Crippen LogP contribution is 2.32. The van der Waals surface area contributed by atoms with E-state index in [9.17, 15) is 0 Å². The lowest BCUT2D eigenvalue weighted by molar-refractivity contribution is 0.346. The van der Waals surface area contributed by atoms with Crippen LogP contribution >= 0.6 is 15.9 Å². The van der Waals surface area contributed by atoms with Gasteiger partial charge in [-0.1, -0.05) is 41.3 Å². The topological polar surface area (TPSA) is 17.3 Å². The van der Waals surface area contributed by atoms with Gasteiger partial charge in [-0.25, -0.2) is 0 Å². The quantitative estimate of drug-likeness (QED) is 0.587. The van der Waals surface area contributed by atoms with E-state index in [1.54, 1.807) is 0 Å². The zero-order chi connectivity index (χ0) is 15.5. The molecule has 116 valence electrons. The molecule has 0 unspecified atom stereocenters. The van der Waals surface area contributed by atoms with Gasteiger partial charge >= 0.3 is 0 Å². The molecule has 1 aromatic heterocycles. The van der Waals surface area contributed by atoms with Crippen LogP contribution in [-0.2, 0) is 0 Å². The van der Waals surface area contributed by atoms with E-state index in [-0.39, 0.29) is 0 Å². The molecule has 2 nitrogen and oxygen atoms in total. The van der Waals surface area contributed by atoms with Crippen molar-refractivity contribution in [3.8, 4) is 0 Å². The Hall–Kier alpha value is -1.35. The van der Waals surface area contributed by atoms with E-state index in [0.717, 1.165) is 10.2 Å². The van der Waals surface area contributed by atoms with Crippen molar-refractivity contribution in [2.45, 2.75) is 52.0 Å². The average molecular weight is 359 g/mol. The second-order valence-corrected chi connectivity index (χ2v) is 7.14. The lowest BCUT2D eigenvalue weighted by atomic mass is 9.95. The van der Waals surface area contributed by atoms with Crippen LogP contribution in [0.4, 0.5) is 5.69 Å². The first-order valence-electron chi connectivity index (χ1n) is 8.13. The molecule has 1 heterocycles. The van der Waals surface area contributed by atoms with Crippen LogP contribution in [0.5, 0.6) is 0 Å². The van der Waals surface area contributed by atoms with Crippen molar-refractivity contribution >= 4 is 27.8 Å². The van der Waals surface area contributed by atoms with Gasteiger partial charge in [-0.2, -0.15) is 0 Å². The highest BCUT2D eigenvalue weighted by atomic mass is 79.9.